The van der Waals surface area contributed by atoms with Crippen LogP contribution in [0.2, 0.25) is 5.15 Å². The van der Waals surface area contributed by atoms with Gasteiger partial charge in [-0.25, -0.2) is 0 Å². The highest BCUT2D eigenvalue weighted by molar-refractivity contribution is 6.34. The average Bonchev–Trinajstić information content (AvgIpc) is 3.13. The summed E-state index contributed by atoms with van der Waals surface area (Å²) in [6.45, 7) is -0.235. The molecule has 4 rings (SSSR count). The lowest BCUT2D eigenvalue weighted by Crippen LogP contribution is -1.97. The Morgan fingerprint density at radius 3 is 2.76 bits per heavy atom. The van der Waals surface area contributed by atoms with Crippen LogP contribution in [0.5, 0.6) is 0 Å². The van der Waals surface area contributed by atoms with E-state index < -0.39 is 0 Å². The summed E-state index contributed by atoms with van der Waals surface area (Å²) in [7, 11) is 0. The van der Waals surface area contributed by atoms with Crippen LogP contribution >= 0.6 is 11.6 Å². The Balaban J connectivity index is 2.04. The van der Waals surface area contributed by atoms with Crippen molar-refractivity contribution in [1.29, 1.82) is 0 Å². The monoisotopic (exact) mass is 301 g/mol. The maximum absolute atomic E-state index is 9.03. The number of rotatable bonds is 2. The van der Waals surface area contributed by atoms with Gasteiger partial charge >= 0.3 is 0 Å². The quantitative estimate of drug-likeness (QED) is 0.609. The Morgan fingerprint density at radius 2 is 2.00 bits per heavy atom. The van der Waals surface area contributed by atoms with Gasteiger partial charge in [-0.1, -0.05) is 41.0 Å². The Morgan fingerprint density at radius 1 is 1.19 bits per heavy atom. The number of aliphatic hydroxyl groups excluding tert-OH is 1. The fourth-order valence-electron chi connectivity index (χ4n) is 2.19. The normalized spacial score (nSPS) is 11.5. The first-order valence-electron chi connectivity index (χ1n) is 6.14. The maximum Gasteiger partial charge on any atom is 0.207 e. The lowest BCUT2D eigenvalue weighted by molar-refractivity contribution is 0.229. The zero-order valence-corrected chi connectivity index (χ0v) is 11.3. The second-order valence-electron chi connectivity index (χ2n) is 4.43. The van der Waals surface area contributed by atoms with E-state index >= 15 is 0 Å². The summed E-state index contributed by atoms with van der Waals surface area (Å²) in [5, 5.41) is 27.4. The molecule has 3 heterocycles. The highest BCUT2D eigenvalue weighted by Gasteiger charge is 2.17. The summed E-state index contributed by atoms with van der Waals surface area (Å²) >= 11 is 6.21. The predicted molar refractivity (Wildman–Crippen MR) is 74.7 cm³/mol. The van der Waals surface area contributed by atoms with E-state index in [1.807, 2.05) is 24.3 Å². The third-order valence-electron chi connectivity index (χ3n) is 3.16. The fraction of sp³-hybridized carbons (Fsp3) is 0.0769. The molecule has 0 saturated heterocycles. The van der Waals surface area contributed by atoms with Crippen molar-refractivity contribution in [2.45, 2.75) is 6.61 Å². The summed E-state index contributed by atoms with van der Waals surface area (Å²) in [6.07, 6.45) is 0. The molecule has 21 heavy (non-hydrogen) atoms. The summed E-state index contributed by atoms with van der Waals surface area (Å²) in [6, 6.07) is 9.14. The molecule has 0 radical (unpaired) electrons. The first-order valence-corrected chi connectivity index (χ1v) is 6.52. The van der Waals surface area contributed by atoms with Crippen molar-refractivity contribution in [1.82, 2.24) is 25.0 Å². The van der Waals surface area contributed by atoms with E-state index in [1.165, 1.54) is 4.52 Å². The van der Waals surface area contributed by atoms with E-state index in [-0.39, 0.29) is 6.61 Å². The Bertz CT molecular complexity index is 962. The molecule has 8 heteroatoms. The highest BCUT2D eigenvalue weighted by Crippen LogP contribution is 2.26. The molecule has 1 N–H and O–H groups in total. The number of halogens is 1. The van der Waals surface area contributed by atoms with Gasteiger partial charge in [0.25, 0.3) is 0 Å². The second-order valence-corrected chi connectivity index (χ2v) is 4.79. The number of hydrogen-bond donors (Lipinski definition) is 1. The molecule has 4 aromatic rings. The number of benzene rings is 1. The molecule has 1 aromatic carbocycles. The number of nitrogens with zero attached hydrogens (tertiary/aromatic N) is 5. The van der Waals surface area contributed by atoms with Crippen molar-refractivity contribution < 1.29 is 9.63 Å². The maximum atomic E-state index is 9.03. The van der Waals surface area contributed by atoms with Crippen molar-refractivity contribution in [2.75, 3.05) is 0 Å². The minimum absolute atomic E-state index is 0.235. The Hall–Kier alpha value is -2.51. The number of aliphatic hydroxyl groups is 1. The predicted octanol–water partition coefficient (Wildman–Crippen LogP) is 2.08. The van der Waals surface area contributed by atoms with Gasteiger partial charge in [-0.3, -0.25) is 0 Å². The van der Waals surface area contributed by atoms with Crippen LogP contribution in [0.15, 0.2) is 34.9 Å². The van der Waals surface area contributed by atoms with E-state index in [9.17, 15) is 0 Å². The van der Waals surface area contributed by atoms with Crippen LogP contribution < -0.4 is 0 Å². The van der Waals surface area contributed by atoms with Crippen LogP contribution in [0.4, 0.5) is 0 Å². The standard InChI is InChI=1S/C13H8ClN5O2/c14-11-8-3-1-2-4-9(8)12-15-16-13(19(12)17-11)10-5-7(6-20)21-18-10/h1-5,20H,6H2. The van der Waals surface area contributed by atoms with Gasteiger partial charge in [-0.05, 0) is 0 Å². The zero-order chi connectivity index (χ0) is 14.4. The van der Waals surface area contributed by atoms with Crippen molar-refractivity contribution in [2.24, 2.45) is 0 Å². The molecular weight excluding hydrogens is 294 g/mol. The molecule has 0 aliphatic rings. The summed E-state index contributed by atoms with van der Waals surface area (Å²) in [5.41, 5.74) is 1.02. The molecule has 0 bridgehead atoms. The smallest absolute Gasteiger partial charge is 0.207 e. The molecule has 0 atom stereocenters. The van der Waals surface area contributed by atoms with Crippen molar-refractivity contribution >= 4 is 28.0 Å². The topological polar surface area (TPSA) is 89.3 Å². The van der Waals surface area contributed by atoms with Gasteiger partial charge in [-0.15, -0.1) is 10.2 Å². The fourth-order valence-corrected chi connectivity index (χ4v) is 2.44. The number of hydrogen-bond acceptors (Lipinski definition) is 6. The first kappa shape index (κ1) is 12.2. The van der Waals surface area contributed by atoms with Gasteiger partial charge < -0.3 is 9.63 Å². The molecule has 0 saturated carbocycles. The van der Waals surface area contributed by atoms with Gasteiger partial charge in [0, 0.05) is 16.8 Å². The van der Waals surface area contributed by atoms with Crippen molar-refractivity contribution in [3.8, 4) is 11.5 Å². The van der Waals surface area contributed by atoms with Gasteiger partial charge in [0.2, 0.25) is 5.82 Å². The molecule has 7 nitrogen and oxygen atoms in total. The summed E-state index contributed by atoms with van der Waals surface area (Å²) in [5.74, 6) is 0.745. The van der Waals surface area contributed by atoms with Crippen LogP contribution in [0, 0.1) is 0 Å². The lowest BCUT2D eigenvalue weighted by atomic mass is 10.2. The van der Waals surface area contributed by atoms with Crippen LogP contribution in [0.3, 0.4) is 0 Å². The molecule has 104 valence electrons. The lowest BCUT2D eigenvalue weighted by Gasteiger charge is -2.02. The van der Waals surface area contributed by atoms with Crippen LogP contribution in [0.1, 0.15) is 5.76 Å². The van der Waals surface area contributed by atoms with E-state index in [2.05, 4.69) is 20.5 Å². The molecule has 0 aliphatic heterocycles. The molecule has 0 aliphatic carbocycles. The van der Waals surface area contributed by atoms with Gasteiger partial charge in [0.05, 0.1) is 0 Å². The van der Waals surface area contributed by atoms with Crippen molar-refractivity contribution in [3.05, 3.63) is 41.2 Å². The SMILES string of the molecule is OCc1cc(-c2nnc3c4ccccc4c(Cl)nn23)no1. The molecule has 0 fully saturated rings. The Kier molecular flexibility index (Phi) is 2.63. The summed E-state index contributed by atoms with van der Waals surface area (Å²) < 4.78 is 6.48. The first-order chi connectivity index (χ1) is 10.3. The molecule has 3 aromatic heterocycles. The zero-order valence-electron chi connectivity index (χ0n) is 10.6. The Labute approximate surface area is 122 Å². The molecule has 0 spiro atoms. The average molecular weight is 302 g/mol. The molecular formula is C13H8ClN5O2. The minimum atomic E-state index is -0.235. The third-order valence-corrected chi connectivity index (χ3v) is 3.44. The number of aromatic nitrogens is 5. The molecule has 0 amide bonds. The van der Waals surface area contributed by atoms with E-state index in [1.54, 1.807) is 6.07 Å². The van der Waals surface area contributed by atoms with Gasteiger partial charge in [0.15, 0.2) is 22.3 Å². The highest BCUT2D eigenvalue weighted by atomic mass is 35.5. The van der Waals surface area contributed by atoms with Gasteiger partial charge in [0.1, 0.15) is 6.61 Å². The van der Waals surface area contributed by atoms with E-state index in [0.29, 0.717) is 28.1 Å². The van der Waals surface area contributed by atoms with E-state index in [0.717, 1.165) is 10.8 Å². The second kappa shape index (κ2) is 4.51. The number of fused-ring (bicyclic) bond motifs is 3. The molecule has 0 unspecified atom stereocenters. The van der Waals surface area contributed by atoms with E-state index in [4.69, 9.17) is 21.2 Å². The van der Waals surface area contributed by atoms with Crippen LogP contribution in [-0.2, 0) is 6.61 Å². The van der Waals surface area contributed by atoms with Crippen molar-refractivity contribution in [3.63, 3.8) is 0 Å². The third kappa shape index (κ3) is 1.78. The summed E-state index contributed by atoms with van der Waals surface area (Å²) in [4.78, 5) is 0. The van der Waals surface area contributed by atoms with Crippen LogP contribution in [0.25, 0.3) is 27.9 Å². The minimum Gasteiger partial charge on any atom is -0.388 e. The van der Waals surface area contributed by atoms with Gasteiger partial charge in [-0.2, -0.15) is 9.61 Å². The van der Waals surface area contributed by atoms with Crippen LogP contribution in [-0.4, -0.2) is 30.1 Å². The largest absolute Gasteiger partial charge is 0.388 e.